The molecule has 0 aliphatic heterocycles. The van der Waals surface area contributed by atoms with Gasteiger partial charge >= 0.3 is 5.69 Å². The predicted octanol–water partition coefficient (Wildman–Crippen LogP) is 0.379. The van der Waals surface area contributed by atoms with E-state index < -0.39 is 5.69 Å². The lowest BCUT2D eigenvalue weighted by molar-refractivity contribution is 0.708. The Balaban J connectivity index is 2.24. The molecule has 0 N–H and O–H groups in total. The molecule has 0 bridgehead atoms. The maximum Gasteiger partial charge on any atom is 0.332 e. The van der Waals surface area contributed by atoms with Gasteiger partial charge in [-0.1, -0.05) is 0 Å². The number of imidazole rings is 2. The van der Waals surface area contributed by atoms with Crippen molar-refractivity contribution in [3.63, 3.8) is 0 Å². The summed E-state index contributed by atoms with van der Waals surface area (Å²) in [6.07, 6.45) is 5.26. The first-order valence-corrected chi connectivity index (χ1v) is 7.07. The lowest BCUT2D eigenvalue weighted by Gasteiger charge is -2.04. The van der Waals surface area contributed by atoms with Crippen LogP contribution in [0.3, 0.4) is 0 Å². The van der Waals surface area contributed by atoms with Gasteiger partial charge in [-0.3, -0.25) is 27.9 Å². The van der Waals surface area contributed by atoms with Crippen LogP contribution in [0.15, 0.2) is 40.3 Å². The van der Waals surface area contributed by atoms with Gasteiger partial charge in [0.15, 0.2) is 11.2 Å². The van der Waals surface area contributed by atoms with Crippen LogP contribution in [0.4, 0.5) is 0 Å². The average molecular weight is 310 g/mol. The van der Waals surface area contributed by atoms with E-state index in [0.29, 0.717) is 16.9 Å². The highest BCUT2D eigenvalue weighted by molar-refractivity contribution is 5.76. The number of aromatic nitrogens is 6. The van der Waals surface area contributed by atoms with E-state index in [0.717, 1.165) is 15.9 Å². The number of fused-ring (bicyclic) bond motifs is 3. The van der Waals surface area contributed by atoms with Crippen molar-refractivity contribution in [2.75, 3.05) is 0 Å². The summed E-state index contributed by atoms with van der Waals surface area (Å²) in [4.78, 5) is 33.2. The molecule has 116 valence electrons. The van der Waals surface area contributed by atoms with Gasteiger partial charge < -0.3 is 0 Å². The first kappa shape index (κ1) is 13.5. The molecule has 8 heteroatoms. The van der Waals surface area contributed by atoms with E-state index in [1.807, 2.05) is 29.8 Å². The number of hydrogen-bond donors (Lipinski definition) is 0. The number of hydrogen-bond acceptors (Lipinski definition) is 4. The predicted molar refractivity (Wildman–Crippen MR) is 85.0 cm³/mol. The van der Waals surface area contributed by atoms with Crippen LogP contribution in [0, 0.1) is 6.92 Å². The molecule has 8 nitrogen and oxygen atoms in total. The summed E-state index contributed by atoms with van der Waals surface area (Å²) in [5, 5.41) is 0. The maximum atomic E-state index is 12.5. The molecule has 4 rings (SSSR count). The first-order chi connectivity index (χ1) is 11.0. The van der Waals surface area contributed by atoms with Crippen LogP contribution >= 0.6 is 0 Å². The van der Waals surface area contributed by atoms with Crippen molar-refractivity contribution in [3.05, 3.63) is 57.3 Å². The lowest BCUT2D eigenvalue weighted by Crippen LogP contribution is -2.37. The van der Waals surface area contributed by atoms with Crippen molar-refractivity contribution in [1.82, 2.24) is 28.1 Å². The average Bonchev–Trinajstić information content (AvgIpc) is 3.06. The van der Waals surface area contributed by atoms with Crippen LogP contribution in [0.1, 0.15) is 5.69 Å². The van der Waals surface area contributed by atoms with Crippen LogP contribution < -0.4 is 11.2 Å². The Morgan fingerprint density at radius 1 is 1.13 bits per heavy atom. The van der Waals surface area contributed by atoms with Crippen LogP contribution in [-0.2, 0) is 14.1 Å². The molecule has 0 saturated carbocycles. The number of rotatable bonds is 1. The van der Waals surface area contributed by atoms with E-state index in [-0.39, 0.29) is 5.56 Å². The Hall–Kier alpha value is -3.16. The Labute approximate surface area is 129 Å². The van der Waals surface area contributed by atoms with Gasteiger partial charge in [-0.25, -0.2) is 4.79 Å². The highest BCUT2D eigenvalue weighted by Crippen LogP contribution is 2.20. The summed E-state index contributed by atoms with van der Waals surface area (Å²) in [5.41, 5.74) is 1.75. The molecule has 0 radical (unpaired) electrons. The largest absolute Gasteiger partial charge is 0.332 e. The molecule has 23 heavy (non-hydrogen) atoms. The van der Waals surface area contributed by atoms with Crippen molar-refractivity contribution in [2.24, 2.45) is 14.1 Å². The molecule has 0 aromatic carbocycles. The van der Waals surface area contributed by atoms with Gasteiger partial charge in [0.05, 0.1) is 11.9 Å². The summed E-state index contributed by atoms with van der Waals surface area (Å²) in [6, 6.07) is 3.75. The summed E-state index contributed by atoms with van der Waals surface area (Å²) < 4.78 is 6.09. The van der Waals surface area contributed by atoms with E-state index in [9.17, 15) is 9.59 Å². The van der Waals surface area contributed by atoms with Crippen LogP contribution in [0.2, 0.25) is 0 Å². The molecule has 0 atom stereocenters. The minimum atomic E-state index is -0.395. The van der Waals surface area contributed by atoms with E-state index in [4.69, 9.17) is 0 Å². The summed E-state index contributed by atoms with van der Waals surface area (Å²) in [6.45, 7) is 1.93. The third-order valence-corrected chi connectivity index (χ3v) is 4.05. The highest BCUT2D eigenvalue weighted by atomic mass is 16.2. The molecule has 0 aliphatic carbocycles. The van der Waals surface area contributed by atoms with Gasteiger partial charge in [-0.15, -0.1) is 0 Å². The molecule has 0 amide bonds. The van der Waals surface area contributed by atoms with Crippen molar-refractivity contribution in [2.45, 2.75) is 6.92 Å². The van der Waals surface area contributed by atoms with Gasteiger partial charge in [0.2, 0.25) is 5.78 Å². The van der Waals surface area contributed by atoms with Crippen LogP contribution in [0.5, 0.6) is 0 Å². The van der Waals surface area contributed by atoms with Gasteiger partial charge in [0.25, 0.3) is 5.56 Å². The molecule has 0 spiro atoms. The number of aryl methyl sites for hydroxylation is 2. The fourth-order valence-corrected chi connectivity index (χ4v) is 2.89. The highest BCUT2D eigenvalue weighted by Gasteiger charge is 2.19. The van der Waals surface area contributed by atoms with Crippen molar-refractivity contribution in [3.8, 4) is 5.69 Å². The molecule has 4 heterocycles. The van der Waals surface area contributed by atoms with Crippen LogP contribution in [0.25, 0.3) is 22.6 Å². The SMILES string of the molecule is Cc1cn2c3c(=O)n(C)c(=O)n(C)c3nc2n1-c1cccnc1. The minimum absolute atomic E-state index is 0.362. The smallest absolute Gasteiger partial charge is 0.281 e. The second-order valence-corrected chi connectivity index (χ2v) is 5.48. The summed E-state index contributed by atoms with van der Waals surface area (Å²) in [7, 11) is 3.08. The first-order valence-electron chi connectivity index (χ1n) is 7.07. The standard InChI is InChI=1S/C15H14N6O2/c1-9-8-20-11-12(18(2)15(23)19(3)13(11)22)17-14(20)21(9)10-5-4-6-16-7-10/h4-8H,1-3H3. The van der Waals surface area contributed by atoms with Gasteiger partial charge in [0, 0.05) is 32.2 Å². The van der Waals surface area contributed by atoms with E-state index in [2.05, 4.69) is 9.97 Å². The Bertz CT molecular complexity index is 1180. The molecule has 0 unspecified atom stereocenters. The summed E-state index contributed by atoms with van der Waals surface area (Å²) in [5.74, 6) is 0.573. The second-order valence-electron chi connectivity index (χ2n) is 5.48. The molecule has 0 fully saturated rings. The monoisotopic (exact) mass is 310 g/mol. The number of nitrogens with zero attached hydrogens (tertiary/aromatic N) is 6. The van der Waals surface area contributed by atoms with Gasteiger partial charge in [-0.05, 0) is 19.1 Å². The fourth-order valence-electron chi connectivity index (χ4n) is 2.89. The summed E-state index contributed by atoms with van der Waals surface area (Å²) >= 11 is 0. The third kappa shape index (κ3) is 1.65. The quantitative estimate of drug-likeness (QED) is 0.509. The minimum Gasteiger partial charge on any atom is -0.281 e. The molecular formula is C15H14N6O2. The molecule has 4 aromatic rings. The van der Waals surface area contributed by atoms with Crippen LogP contribution in [-0.4, -0.2) is 28.1 Å². The molecule has 4 aromatic heterocycles. The Morgan fingerprint density at radius 2 is 1.91 bits per heavy atom. The van der Waals surface area contributed by atoms with E-state index >= 15 is 0 Å². The van der Waals surface area contributed by atoms with Crippen molar-refractivity contribution >= 4 is 16.9 Å². The van der Waals surface area contributed by atoms with Gasteiger partial charge in [0.1, 0.15) is 0 Å². The third-order valence-electron chi connectivity index (χ3n) is 4.05. The van der Waals surface area contributed by atoms with Crippen molar-refractivity contribution in [1.29, 1.82) is 0 Å². The molecule has 0 saturated heterocycles. The topological polar surface area (TPSA) is 79.1 Å². The Morgan fingerprint density at radius 3 is 2.61 bits per heavy atom. The zero-order chi connectivity index (χ0) is 16.3. The number of pyridine rings is 1. The Kier molecular flexibility index (Phi) is 2.59. The zero-order valence-corrected chi connectivity index (χ0v) is 12.9. The second kappa shape index (κ2) is 4.42. The molecule has 0 aliphatic rings. The molecular weight excluding hydrogens is 296 g/mol. The zero-order valence-electron chi connectivity index (χ0n) is 12.9. The van der Waals surface area contributed by atoms with E-state index in [1.165, 1.54) is 11.6 Å². The van der Waals surface area contributed by atoms with Crippen molar-refractivity contribution < 1.29 is 0 Å². The normalized spacial score (nSPS) is 11.6. The lowest BCUT2D eigenvalue weighted by atomic mass is 10.4. The van der Waals surface area contributed by atoms with E-state index in [1.54, 1.807) is 23.8 Å². The maximum absolute atomic E-state index is 12.5. The van der Waals surface area contributed by atoms with Gasteiger partial charge in [-0.2, -0.15) is 4.98 Å². The fraction of sp³-hybridized carbons (Fsp3) is 0.200.